The Labute approximate surface area is 82.6 Å². The predicted octanol–water partition coefficient (Wildman–Crippen LogP) is 0.859. The molecule has 0 aliphatic carbocycles. The molecule has 0 saturated carbocycles. The Hall–Kier alpha value is -0.975. The second-order valence-corrected chi connectivity index (χ2v) is 3.88. The number of rotatable bonds is 1. The van der Waals surface area contributed by atoms with Crippen LogP contribution in [0.5, 0.6) is 0 Å². The van der Waals surface area contributed by atoms with Crippen molar-refractivity contribution in [2.75, 3.05) is 0 Å². The lowest BCUT2D eigenvalue weighted by atomic mass is 9.89. The van der Waals surface area contributed by atoms with Crippen LogP contribution in [0.3, 0.4) is 0 Å². The zero-order valence-electron chi connectivity index (χ0n) is 6.87. The first-order valence-corrected chi connectivity index (χ1v) is 4.65. The van der Waals surface area contributed by atoms with Crippen LogP contribution in [-0.4, -0.2) is 17.2 Å². The normalized spacial score (nSPS) is 10.9. The van der Waals surface area contributed by atoms with Gasteiger partial charge in [0.15, 0.2) is 0 Å². The SMILES string of the molecule is OB(O)c1cc2c(F)ccc(F)c2s1. The number of hydrogen-bond acceptors (Lipinski definition) is 3. The van der Waals surface area contributed by atoms with Gasteiger partial charge < -0.3 is 10.0 Å². The van der Waals surface area contributed by atoms with Gasteiger partial charge in [-0.2, -0.15) is 0 Å². The fraction of sp³-hybridized carbons (Fsp3) is 0. The van der Waals surface area contributed by atoms with E-state index in [9.17, 15) is 8.78 Å². The molecule has 0 radical (unpaired) electrons. The number of hydrogen-bond donors (Lipinski definition) is 2. The standard InChI is InChI=1S/C8H5BF2O2S/c10-5-1-2-6(11)8-4(5)3-7(14-8)9(12)13/h1-3,12-13H. The molecule has 0 amide bonds. The highest BCUT2D eigenvalue weighted by molar-refractivity contribution is 7.27. The summed E-state index contributed by atoms with van der Waals surface area (Å²) in [6.45, 7) is 0. The number of halogens is 2. The molecule has 0 fully saturated rings. The van der Waals surface area contributed by atoms with Gasteiger partial charge in [0, 0.05) is 10.2 Å². The first kappa shape index (κ1) is 9.58. The largest absolute Gasteiger partial charge is 0.499 e. The van der Waals surface area contributed by atoms with E-state index < -0.39 is 18.8 Å². The Kier molecular flexibility index (Phi) is 2.26. The molecular weight excluding hydrogens is 209 g/mol. The Bertz CT molecular complexity index is 444. The average molecular weight is 214 g/mol. The molecule has 0 spiro atoms. The van der Waals surface area contributed by atoms with E-state index in [-0.39, 0.29) is 14.9 Å². The highest BCUT2D eigenvalue weighted by atomic mass is 32.1. The van der Waals surface area contributed by atoms with E-state index in [1.54, 1.807) is 0 Å². The second-order valence-electron chi connectivity index (χ2n) is 2.79. The second kappa shape index (κ2) is 3.31. The first-order chi connectivity index (χ1) is 6.59. The summed E-state index contributed by atoms with van der Waals surface area (Å²) >= 11 is 0.831. The third-order valence-electron chi connectivity index (χ3n) is 1.86. The molecule has 14 heavy (non-hydrogen) atoms. The van der Waals surface area contributed by atoms with Crippen molar-refractivity contribution in [2.24, 2.45) is 0 Å². The molecule has 0 saturated heterocycles. The van der Waals surface area contributed by atoms with Gasteiger partial charge in [0.05, 0.1) is 4.70 Å². The van der Waals surface area contributed by atoms with E-state index in [1.165, 1.54) is 6.07 Å². The molecule has 1 aromatic heterocycles. The van der Waals surface area contributed by atoms with Crippen molar-refractivity contribution in [3.63, 3.8) is 0 Å². The molecule has 2 N–H and O–H groups in total. The number of fused-ring (bicyclic) bond motifs is 1. The van der Waals surface area contributed by atoms with Gasteiger partial charge in [-0.15, -0.1) is 11.3 Å². The summed E-state index contributed by atoms with van der Waals surface area (Å²) in [6.07, 6.45) is 0. The zero-order valence-corrected chi connectivity index (χ0v) is 7.68. The van der Waals surface area contributed by atoms with Crippen molar-refractivity contribution in [1.29, 1.82) is 0 Å². The molecule has 0 unspecified atom stereocenters. The summed E-state index contributed by atoms with van der Waals surface area (Å²) in [5.41, 5.74) is 0. The molecule has 1 heterocycles. The van der Waals surface area contributed by atoms with Crippen LogP contribution in [0.2, 0.25) is 0 Å². The molecule has 2 rings (SSSR count). The third kappa shape index (κ3) is 1.41. The van der Waals surface area contributed by atoms with Gasteiger partial charge in [-0.25, -0.2) is 8.78 Å². The quantitative estimate of drug-likeness (QED) is 0.691. The molecule has 0 atom stereocenters. The van der Waals surface area contributed by atoms with Crippen molar-refractivity contribution < 1.29 is 18.8 Å². The minimum absolute atomic E-state index is 0.0816. The summed E-state index contributed by atoms with van der Waals surface area (Å²) in [4.78, 5) is 0. The summed E-state index contributed by atoms with van der Waals surface area (Å²) in [5, 5.41) is 17.7. The van der Waals surface area contributed by atoms with Crippen molar-refractivity contribution in [1.82, 2.24) is 0 Å². The van der Waals surface area contributed by atoms with Gasteiger partial charge in [0.25, 0.3) is 0 Å². The van der Waals surface area contributed by atoms with Gasteiger partial charge in [-0.1, -0.05) is 0 Å². The maximum atomic E-state index is 13.1. The smallest absolute Gasteiger partial charge is 0.423 e. The fourth-order valence-corrected chi connectivity index (χ4v) is 2.15. The van der Waals surface area contributed by atoms with Gasteiger partial charge in [-0.3, -0.25) is 0 Å². The van der Waals surface area contributed by atoms with E-state index in [0.29, 0.717) is 0 Å². The Morgan fingerprint density at radius 2 is 1.79 bits per heavy atom. The summed E-state index contributed by atoms with van der Waals surface area (Å²) < 4.78 is 26.5. The highest BCUT2D eigenvalue weighted by Gasteiger charge is 2.18. The molecule has 6 heteroatoms. The summed E-state index contributed by atoms with van der Waals surface area (Å²) in [5.74, 6) is -1.12. The van der Waals surface area contributed by atoms with Gasteiger partial charge in [0.2, 0.25) is 0 Å². The van der Waals surface area contributed by atoms with Crippen LogP contribution in [-0.2, 0) is 0 Å². The lowest BCUT2D eigenvalue weighted by Crippen LogP contribution is -2.26. The first-order valence-electron chi connectivity index (χ1n) is 3.83. The predicted molar refractivity (Wildman–Crippen MR) is 51.6 cm³/mol. The van der Waals surface area contributed by atoms with Crippen molar-refractivity contribution in [2.45, 2.75) is 0 Å². The monoisotopic (exact) mass is 214 g/mol. The molecule has 2 nitrogen and oxygen atoms in total. The Balaban J connectivity index is 2.75. The minimum atomic E-state index is -1.69. The Morgan fingerprint density at radius 3 is 2.36 bits per heavy atom. The maximum absolute atomic E-state index is 13.1. The molecule has 0 bridgehead atoms. The Morgan fingerprint density at radius 1 is 1.14 bits per heavy atom. The maximum Gasteiger partial charge on any atom is 0.499 e. The molecule has 1 aromatic carbocycles. The van der Waals surface area contributed by atoms with E-state index in [0.717, 1.165) is 23.5 Å². The van der Waals surface area contributed by atoms with E-state index in [1.807, 2.05) is 0 Å². The number of thiophene rings is 1. The van der Waals surface area contributed by atoms with E-state index in [2.05, 4.69) is 0 Å². The highest BCUT2D eigenvalue weighted by Crippen LogP contribution is 2.24. The zero-order chi connectivity index (χ0) is 10.3. The van der Waals surface area contributed by atoms with Gasteiger partial charge >= 0.3 is 7.12 Å². The van der Waals surface area contributed by atoms with Crippen molar-refractivity contribution >= 4 is 33.3 Å². The van der Waals surface area contributed by atoms with Gasteiger partial charge in [0.1, 0.15) is 11.6 Å². The molecule has 2 aromatic rings. The minimum Gasteiger partial charge on any atom is -0.423 e. The van der Waals surface area contributed by atoms with Crippen LogP contribution in [0, 0.1) is 11.6 Å². The molecule has 0 aliphatic heterocycles. The van der Waals surface area contributed by atoms with Crippen LogP contribution < -0.4 is 4.78 Å². The lowest BCUT2D eigenvalue weighted by Gasteiger charge is -1.92. The van der Waals surface area contributed by atoms with Crippen molar-refractivity contribution in [3.05, 3.63) is 29.8 Å². The molecule has 0 aliphatic rings. The lowest BCUT2D eigenvalue weighted by molar-refractivity contribution is 0.427. The van der Waals surface area contributed by atoms with Crippen LogP contribution >= 0.6 is 11.3 Å². The summed E-state index contributed by atoms with van der Waals surface area (Å²) in [6, 6.07) is 3.27. The van der Waals surface area contributed by atoms with E-state index >= 15 is 0 Å². The summed E-state index contributed by atoms with van der Waals surface area (Å²) in [7, 11) is -1.69. The molecule has 72 valence electrons. The van der Waals surface area contributed by atoms with E-state index in [4.69, 9.17) is 10.0 Å². The topological polar surface area (TPSA) is 40.5 Å². The van der Waals surface area contributed by atoms with Crippen LogP contribution in [0.4, 0.5) is 8.78 Å². The van der Waals surface area contributed by atoms with Gasteiger partial charge in [-0.05, 0) is 18.2 Å². The van der Waals surface area contributed by atoms with Crippen LogP contribution in [0.15, 0.2) is 18.2 Å². The third-order valence-corrected chi connectivity index (χ3v) is 3.04. The van der Waals surface area contributed by atoms with Crippen LogP contribution in [0.1, 0.15) is 0 Å². The van der Waals surface area contributed by atoms with Crippen molar-refractivity contribution in [3.8, 4) is 0 Å². The molecular formula is C8H5BF2O2S. The number of benzene rings is 1. The fourth-order valence-electron chi connectivity index (χ4n) is 1.20. The average Bonchev–Trinajstić information content (AvgIpc) is 2.57. The van der Waals surface area contributed by atoms with Crippen LogP contribution in [0.25, 0.3) is 10.1 Å².